The van der Waals surface area contributed by atoms with Crippen LogP contribution in [0.2, 0.25) is 0 Å². The van der Waals surface area contributed by atoms with Gasteiger partial charge in [-0.25, -0.2) is 27.9 Å². The summed E-state index contributed by atoms with van der Waals surface area (Å²) in [6.07, 6.45) is -6.22. The number of hydrogen-bond acceptors (Lipinski definition) is 6. The van der Waals surface area contributed by atoms with Gasteiger partial charge in [0.15, 0.2) is 6.61 Å². The van der Waals surface area contributed by atoms with Crippen LogP contribution in [0.5, 0.6) is 5.88 Å². The molecule has 1 aliphatic rings. The molecule has 2 aromatic rings. The number of urea groups is 1. The van der Waals surface area contributed by atoms with Gasteiger partial charge in [0.25, 0.3) is 12.3 Å². The number of hydrogen-bond donors (Lipinski definition) is 4. The summed E-state index contributed by atoms with van der Waals surface area (Å²) in [5.74, 6) is -3.54. The molecule has 0 unspecified atom stereocenters. The molecule has 3 atom stereocenters. The van der Waals surface area contributed by atoms with Crippen molar-refractivity contribution in [1.82, 2.24) is 15.3 Å². The van der Waals surface area contributed by atoms with Crippen LogP contribution in [0.4, 0.5) is 36.8 Å². The van der Waals surface area contributed by atoms with E-state index < -0.39 is 65.9 Å². The molecule has 0 aliphatic heterocycles. The molecule has 1 saturated carbocycles. The van der Waals surface area contributed by atoms with Crippen LogP contribution in [-0.4, -0.2) is 47.2 Å². The van der Waals surface area contributed by atoms with Gasteiger partial charge in [0.1, 0.15) is 17.1 Å². The van der Waals surface area contributed by atoms with E-state index in [1.165, 1.54) is 0 Å². The van der Waals surface area contributed by atoms with Crippen LogP contribution in [0.25, 0.3) is 0 Å². The molecule has 184 valence electrons. The standard InChI is InChI=1S/C19H18F6N6O3/c20-11-2-1-8(3-9(11)19(16(21)22,31-17(27)33)10-4-12(10)26)30-15(32)13-5-29-14(6-28-13)34-7-18(23,24)25/h1-3,5-6,10,12,16H,4,7,26H2,(H,30,32)(H3,27,31,33)/t10-,12+,19+/m0/s1. The van der Waals surface area contributed by atoms with E-state index in [1.54, 1.807) is 0 Å². The lowest BCUT2D eigenvalue weighted by Gasteiger charge is -2.35. The van der Waals surface area contributed by atoms with E-state index in [4.69, 9.17) is 11.5 Å². The van der Waals surface area contributed by atoms with E-state index in [0.29, 0.717) is 0 Å². The minimum Gasteiger partial charge on any atom is -0.467 e. The van der Waals surface area contributed by atoms with Crippen LogP contribution in [0.3, 0.4) is 0 Å². The van der Waals surface area contributed by atoms with E-state index in [1.807, 2.05) is 5.32 Å². The second-order valence-electron chi connectivity index (χ2n) is 7.46. The van der Waals surface area contributed by atoms with Gasteiger partial charge in [-0.05, 0) is 24.6 Å². The molecular formula is C19H18F6N6O3. The Morgan fingerprint density at radius 1 is 1.21 bits per heavy atom. The summed E-state index contributed by atoms with van der Waals surface area (Å²) in [7, 11) is 0. The van der Waals surface area contributed by atoms with E-state index >= 15 is 0 Å². The van der Waals surface area contributed by atoms with E-state index in [0.717, 1.165) is 30.6 Å². The number of halogens is 6. The van der Waals surface area contributed by atoms with E-state index in [9.17, 15) is 35.9 Å². The van der Waals surface area contributed by atoms with Crippen LogP contribution in [-0.2, 0) is 5.54 Å². The minimum absolute atomic E-state index is 0.0684. The molecule has 6 N–H and O–H groups in total. The summed E-state index contributed by atoms with van der Waals surface area (Å²) in [5, 5.41) is 4.21. The molecule has 15 heteroatoms. The topological polar surface area (TPSA) is 145 Å². The highest BCUT2D eigenvalue weighted by Gasteiger charge is 2.59. The number of carbonyl (C=O) groups excluding carboxylic acids is 2. The van der Waals surface area contributed by atoms with E-state index in [2.05, 4.69) is 20.0 Å². The van der Waals surface area contributed by atoms with Crippen molar-refractivity contribution in [2.45, 2.75) is 30.6 Å². The van der Waals surface area contributed by atoms with Crippen LogP contribution in [0, 0.1) is 11.7 Å². The van der Waals surface area contributed by atoms with Crippen LogP contribution >= 0.6 is 0 Å². The van der Waals surface area contributed by atoms with Gasteiger partial charge in [-0.3, -0.25) is 4.79 Å². The Kier molecular flexibility index (Phi) is 6.86. The first kappa shape index (κ1) is 25.0. The zero-order valence-corrected chi connectivity index (χ0v) is 17.1. The predicted octanol–water partition coefficient (Wildman–Crippen LogP) is 2.29. The summed E-state index contributed by atoms with van der Waals surface area (Å²) in [4.78, 5) is 31.0. The highest BCUT2D eigenvalue weighted by molar-refractivity contribution is 6.02. The van der Waals surface area contributed by atoms with Gasteiger partial charge < -0.3 is 26.8 Å². The number of carbonyl (C=O) groups is 2. The number of nitrogens with two attached hydrogens (primary N) is 2. The first-order valence-corrected chi connectivity index (χ1v) is 9.58. The quantitative estimate of drug-likeness (QED) is 0.416. The van der Waals surface area contributed by atoms with Gasteiger partial charge in [0.2, 0.25) is 5.88 Å². The molecule has 0 spiro atoms. The monoisotopic (exact) mass is 492 g/mol. The molecule has 0 bridgehead atoms. The first-order chi connectivity index (χ1) is 15.8. The zero-order valence-electron chi connectivity index (χ0n) is 17.1. The number of aromatic nitrogens is 2. The molecule has 1 aliphatic carbocycles. The summed E-state index contributed by atoms with van der Waals surface area (Å²) in [6, 6.07) is 0.703. The molecule has 3 rings (SSSR count). The average molecular weight is 492 g/mol. The third-order valence-electron chi connectivity index (χ3n) is 5.01. The van der Waals surface area contributed by atoms with Crippen molar-refractivity contribution < 1.29 is 40.7 Å². The van der Waals surface area contributed by atoms with Crippen molar-refractivity contribution >= 4 is 17.6 Å². The fourth-order valence-corrected chi connectivity index (χ4v) is 3.41. The van der Waals surface area contributed by atoms with Crippen molar-refractivity contribution in [3.8, 4) is 5.88 Å². The number of nitrogens with one attached hydrogen (secondary N) is 2. The third-order valence-corrected chi connectivity index (χ3v) is 5.01. The molecule has 3 amide bonds. The Bertz CT molecular complexity index is 1070. The first-order valence-electron chi connectivity index (χ1n) is 9.58. The number of alkyl halides is 5. The Balaban J connectivity index is 1.84. The third kappa shape index (κ3) is 5.47. The number of amides is 3. The normalized spacial score (nSPS) is 19.3. The van der Waals surface area contributed by atoms with Gasteiger partial charge >= 0.3 is 12.2 Å². The molecule has 1 heterocycles. The van der Waals surface area contributed by atoms with Crippen LogP contribution < -0.4 is 26.8 Å². The summed E-state index contributed by atoms with van der Waals surface area (Å²) < 4.78 is 84.0. The van der Waals surface area contributed by atoms with Gasteiger partial charge in [0, 0.05) is 23.2 Å². The van der Waals surface area contributed by atoms with Crippen molar-refractivity contribution in [3.05, 3.63) is 47.7 Å². The molecule has 1 fully saturated rings. The Labute approximate surface area is 187 Å². The maximum atomic E-state index is 14.7. The number of benzene rings is 1. The Morgan fingerprint density at radius 2 is 1.88 bits per heavy atom. The van der Waals surface area contributed by atoms with Gasteiger partial charge in [-0.15, -0.1) is 0 Å². The van der Waals surface area contributed by atoms with Gasteiger partial charge in [-0.1, -0.05) is 0 Å². The molecule has 1 aromatic heterocycles. The lowest BCUT2D eigenvalue weighted by Crippen LogP contribution is -2.56. The molecule has 9 nitrogen and oxygen atoms in total. The minimum atomic E-state index is -4.60. The smallest absolute Gasteiger partial charge is 0.422 e. The fraction of sp³-hybridized carbons (Fsp3) is 0.368. The maximum Gasteiger partial charge on any atom is 0.422 e. The Hall–Kier alpha value is -3.62. The highest BCUT2D eigenvalue weighted by atomic mass is 19.4. The second kappa shape index (κ2) is 9.32. The molecule has 0 saturated heterocycles. The lowest BCUT2D eigenvalue weighted by atomic mass is 9.84. The molecule has 1 aromatic carbocycles. The SMILES string of the molecule is NC(=O)N[C@@](c1cc(NC(=O)c2cnc(OCC(F)(F)F)cn2)ccc1F)(C(F)F)[C@H]1C[C@H]1N. The number of primary amides is 1. The lowest BCUT2D eigenvalue weighted by molar-refractivity contribution is -0.154. The molecule has 0 radical (unpaired) electrons. The number of anilines is 1. The van der Waals surface area contributed by atoms with Crippen LogP contribution in [0.1, 0.15) is 22.5 Å². The molecular weight excluding hydrogens is 474 g/mol. The van der Waals surface area contributed by atoms with Crippen LogP contribution in [0.15, 0.2) is 30.6 Å². The van der Waals surface area contributed by atoms with Crippen molar-refractivity contribution in [2.24, 2.45) is 17.4 Å². The highest BCUT2D eigenvalue weighted by Crippen LogP contribution is 2.49. The largest absolute Gasteiger partial charge is 0.467 e. The zero-order chi connectivity index (χ0) is 25.3. The fourth-order valence-electron chi connectivity index (χ4n) is 3.41. The Morgan fingerprint density at radius 3 is 2.38 bits per heavy atom. The maximum absolute atomic E-state index is 14.7. The van der Waals surface area contributed by atoms with Crippen molar-refractivity contribution in [2.75, 3.05) is 11.9 Å². The predicted molar refractivity (Wildman–Crippen MR) is 104 cm³/mol. The molecule has 34 heavy (non-hydrogen) atoms. The number of ether oxygens (including phenoxy) is 1. The number of nitrogens with zero attached hydrogens (tertiary/aromatic N) is 2. The summed E-state index contributed by atoms with van der Waals surface area (Å²) >= 11 is 0. The second-order valence-corrected chi connectivity index (χ2v) is 7.46. The summed E-state index contributed by atoms with van der Waals surface area (Å²) in [5.41, 5.74) is 7.09. The van der Waals surface area contributed by atoms with E-state index in [-0.39, 0.29) is 17.8 Å². The van der Waals surface area contributed by atoms with Gasteiger partial charge in [-0.2, -0.15) is 13.2 Å². The van der Waals surface area contributed by atoms with Crippen molar-refractivity contribution in [1.29, 1.82) is 0 Å². The average Bonchev–Trinajstić information content (AvgIpc) is 3.48. The van der Waals surface area contributed by atoms with Gasteiger partial charge in [0.05, 0.1) is 12.4 Å². The van der Waals surface area contributed by atoms with Crippen molar-refractivity contribution in [3.63, 3.8) is 0 Å². The summed E-state index contributed by atoms with van der Waals surface area (Å²) in [6.45, 7) is -1.61. The number of rotatable bonds is 8.